The van der Waals surface area contributed by atoms with E-state index in [0.717, 1.165) is 36.9 Å². The van der Waals surface area contributed by atoms with Crippen LogP contribution in [0.25, 0.3) is 0 Å². The molecule has 1 aliphatic heterocycles. The number of benzene rings is 2. The third-order valence-electron chi connectivity index (χ3n) is 5.12. The fourth-order valence-electron chi connectivity index (χ4n) is 3.52. The lowest BCUT2D eigenvalue weighted by molar-refractivity contribution is -0.384. The summed E-state index contributed by atoms with van der Waals surface area (Å²) in [6, 6.07) is 13.0. The molecule has 1 amide bonds. The van der Waals surface area contributed by atoms with Crippen LogP contribution in [0.2, 0.25) is 0 Å². The number of nitro groups is 1. The molecule has 2 aromatic rings. The van der Waals surface area contributed by atoms with Gasteiger partial charge in [0.15, 0.2) is 0 Å². The molecule has 0 radical (unpaired) electrons. The van der Waals surface area contributed by atoms with Crippen molar-refractivity contribution in [1.29, 1.82) is 0 Å². The number of amides is 1. The first kappa shape index (κ1) is 16.6. The van der Waals surface area contributed by atoms with Crippen LogP contribution in [0.4, 0.5) is 17.1 Å². The number of anilines is 2. The van der Waals surface area contributed by atoms with Crippen LogP contribution in [0.3, 0.4) is 0 Å². The SMILES string of the molecule is CC1CCc2ccccc2N1C(=O)c1ccc(NC2CC2)c([N+](=O)[O-])c1. The number of carbonyl (C=O) groups excluding carboxylic acids is 1. The predicted octanol–water partition coefficient (Wildman–Crippen LogP) is 4.15. The monoisotopic (exact) mass is 351 g/mol. The van der Waals surface area contributed by atoms with E-state index in [1.807, 2.05) is 31.2 Å². The third kappa shape index (κ3) is 3.03. The minimum atomic E-state index is -0.422. The molecule has 1 saturated carbocycles. The van der Waals surface area contributed by atoms with Crippen molar-refractivity contribution < 1.29 is 9.72 Å². The Labute approximate surface area is 152 Å². The van der Waals surface area contributed by atoms with Crippen molar-refractivity contribution in [2.24, 2.45) is 0 Å². The molecule has 1 aliphatic carbocycles. The van der Waals surface area contributed by atoms with Gasteiger partial charge in [-0.1, -0.05) is 18.2 Å². The average molecular weight is 351 g/mol. The maximum atomic E-state index is 13.2. The van der Waals surface area contributed by atoms with Gasteiger partial charge in [-0.25, -0.2) is 0 Å². The maximum absolute atomic E-state index is 13.2. The van der Waals surface area contributed by atoms with Gasteiger partial charge < -0.3 is 10.2 Å². The summed E-state index contributed by atoms with van der Waals surface area (Å²) in [6.45, 7) is 2.02. The normalized spacial score (nSPS) is 19.0. The van der Waals surface area contributed by atoms with Gasteiger partial charge in [0.05, 0.1) is 4.92 Å². The van der Waals surface area contributed by atoms with Gasteiger partial charge in [0, 0.05) is 29.4 Å². The number of hydrogen-bond donors (Lipinski definition) is 1. The van der Waals surface area contributed by atoms with E-state index < -0.39 is 4.92 Å². The van der Waals surface area contributed by atoms with E-state index in [9.17, 15) is 14.9 Å². The molecule has 0 saturated heterocycles. The number of para-hydroxylation sites is 1. The van der Waals surface area contributed by atoms with Gasteiger partial charge in [-0.15, -0.1) is 0 Å². The second-order valence-electron chi connectivity index (χ2n) is 7.10. The Balaban J connectivity index is 1.70. The van der Waals surface area contributed by atoms with Crippen LogP contribution >= 0.6 is 0 Å². The van der Waals surface area contributed by atoms with Crippen molar-refractivity contribution in [3.05, 3.63) is 63.7 Å². The molecule has 1 unspecified atom stereocenters. The zero-order valence-electron chi connectivity index (χ0n) is 14.6. The first-order valence-electron chi connectivity index (χ1n) is 9.01. The Kier molecular flexibility index (Phi) is 4.11. The highest BCUT2D eigenvalue weighted by Crippen LogP contribution is 2.34. The second-order valence-corrected chi connectivity index (χ2v) is 7.10. The molecule has 134 valence electrons. The number of nitro benzene ring substituents is 1. The highest BCUT2D eigenvalue weighted by atomic mass is 16.6. The predicted molar refractivity (Wildman–Crippen MR) is 101 cm³/mol. The van der Waals surface area contributed by atoms with Gasteiger partial charge in [0.2, 0.25) is 0 Å². The highest BCUT2D eigenvalue weighted by molar-refractivity contribution is 6.07. The number of aryl methyl sites for hydroxylation is 1. The van der Waals surface area contributed by atoms with Crippen LogP contribution in [0.5, 0.6) is 0 Å². The fourth-order valence-corrected chi connectivity index (χ4v) is 3.52. The van der Waals surface area contributed by atoms with Crippen molar-refractivity contribution in [3.63, 3.8) is 0 Å². The van der Waals surface area contributed by atoms with Crippen molar-refractivity contribution in [1.82, 2.24) is 0 Å². The van der Waals surface area contributed by atoms with Crippen molar-refractivity contribution in [2.75, 3.05) is 10.2 Å². The minimum absolute atomic E-state index is 0.0410. The molecule has 26 heavy (non-hydrogen) atoms. The first-order valence-corrected chi connectivity index (χ1v) is 9.01. The average Bonchev–Trinajstić information content (AvgIpc) is 3.45. The molecule has 2 aromatic carbocycles. The van der Waals surface area contributed by atoms with E-state index in [0.29, 0.717) is 17.3 Å². The first-order chi connectivity index (χ1) is 12.5. The Morgan fingerprint density at radius 1 is 1.19 bits per heavy atom. The lowest BCUT2D eigenvalue weighted by atomic mass is 9.95. The van der Waals surface area contributed by atoms with Gasteiger partial charge in [-0.2, -0.15) is 0 Å². The highest BCUT2D eigenvalue weighted by Gasteiger charge is 2.31. The molecule has 0 aromatic heterocycles. The van der Waals surface area contributed by atoms with Gasteiger partial charge in [-0.05, 0) is 56.4 Å². The standard InChI is InChI=1S/C20H21N3O3/c1-13-6-7-14-4-2-3-5-18(14)22(13)20(24)15-8-11-17(21-16-9-10-16)19(12-15)23(25)26/h2-5,8,11-13,16,21H,6-7,9-10H2,1H3. The topological polar surface area (TPSA) is 75.5 Å². The van der Waals surface area contributed by atoms with Crippen LogP contribution in [0, 0.1) is 10.1 Å². The quantitative estimate of drug-likeness (QED) is 0.663. The van der Waals surface area contributed by atoms with E-state index >= 15 is 0 Å². The lowest BCUT2D eigenvalue weighted by Gasteiger charge is -2.35. The van der Waals surface area contributed by atoms with Crippen LogP contribution < -0.4 is 10.2 Å². The van der Waals surface area contributed by atoms with Gasteiger partial charge in [-0.3, -0.25) is 14.9 Å². The molecule has 1 atom stereocenters. The summed E-state index contributed by atoms with van der Waals surface area (Å²) >= 11 is 0. The summed E-state index contributed by atoms with van der Waals surface area (Å²) in [7, 11) is 0. The zero-order valence-corrected chi connectivity index (χ0v) is 14.6. The van der Waals surface area contributed by atoms with E-state index in [4.69, 9.17) is 0 Å². The number of rotatable bonds is 4. The van der Waals surface area contributed by atoms with E-state index in [1.165, 1.54) is 6.07 Å². The van der Waals surface area contributed by atoms with E-state index in [1.54, 1.807) is 17.0 Å². The molecule has 1 heterocycles. The van der Waals surface area contributed by atoms with E-state index in [-0.39, 0.29) is 17.6 Å². The summed E-state index contributed by atoms with van der Waals surface area (Å²) in [5, 5.41) is 14.6. The van der Waals surface area contributed by atoms with Gasteiger partial charge in [0.1, 0.15) is 5.69 Å². The van der Waals surface area contributed by atoms with Crippen LogP contribution in [0.1, 0.15) is 42.1 Å². The van der Waals surface area contributed by atoms with Crippen molar-refractivity contribution in [3.8, 4) is 0 Å². The number of fused-ring (bicyclic) bond motifs is 1. The Bertz CT molecular complexity index is 876. The number of nitrogens with one attached hydrogen (secondary N) is 1. The number of carbonyl (C=O) groups is 1. The summed E-state index contributed by atoms with van der Waals surface area (Å²) in [5.41, 5.74) is 2.84. The van der Waals surface area contributed by atoms with Crippen molar-refractivity contribution in [2.45, 2.75) is 44.7 Å². The summed E-state index contributed by atoms with van der Waals surface area (Å²) in [6.07, 6.45) is 3.87. The Hall–Kier alpha value is -2.89. The second kappa shape index (κ2) is 6.44. The molecule has 1 fully saturated rings. The van der Waals surface area contributed by atoms with E-state index in [2.05, 4.69) is 5.32 Å². The lowest BCUT2D eigenvalue weighted by Crippen LogP contribution is -2.42. The van der Waals surface area contributed by atoms with Crippen LogP contribution in [-0.2, 0) is 6.42 Å². The summed E-state index contributed by atoms with van der Waals surface area (Å²) in [4.78, 5) is 26.0. The molecule has 6 heteroatoms. The number of hydrogen-bond acceptors (Lipinski definition) is 4. The molecule has 1 N–H and O–H groups in total. The van der Waals surface area contributed by atoms with Gasteiger partial charge >= 0.3 is 0 Å². The molecule has 2 aliphatic rings. The van der Waals surface area contributed by atoms with Crippen molar-refractivity contribution >= 4 is 23.0 Å². The Morgan fingerprint density at radius 3 is 2.69 bits per heavy atom. The molecule has 0 bridgehead atoms. The van der Waals surface area contributed by atoms with Gasteiger partial charge in [0.25, 0.3) is 11.6 Å². The zero-order chi connectivity index (χ0) is 18.3. The summed E-state index contributed by atoms with van der Waals surface area (Å²) in [5.74, 6) is -0.189. The van der Waals surface area contributed by atoms with Crippen LogP contribution in [0.15, 0.2) is 42.5 Å². The molecule has 4 rings (SSSR count). The Morgan fingerprint density at radius 2 is 1.96 bits per heavy atom. The molecule has 0 spiro atoms. The molecular formula is C20H21N3O3. The maximum Gasteiger partial charge on any atom is 0.293 e. The van der Waals surface area contributed by atoms with Crippen LogP contribution in [-0.4, -0.2) is 22.9 Å². The molecule has 6 nitrogen and oxygen atoms in total. The number of nitrogens with zero attached hydrogens (tertiary/aromatic N) is 2. The fraction of sp³-hybridized carbons (Fsp3) is 0.350. The largest absolute Gasteiger partial charge is 0.377 e. The third-order valence-corrected chi connectivity index (χ3v) is 5.12. The smallest absolute Gasteiger partial charge is 0.293 e. The minimum Gasteiger partial charge on any atom is -0.377 e. The molecular weight excluding hydrogens is 330 g/mol. The summed E-state index contributed by atoms with van der Waals surface area (Å²) < 4.78 is 0.